The van der Waals surface area contributed by atoms with E-state index >= 15 is 0 Å². The number of benzene rings is 1. The Morgan fingerprint density at radius 1 is 1.19 bits per heavy atom. The average Bonchev–Trinajstić information content (AvgIpc) is 2.28. The number of hydrogen-bond donors (Lipinski definition) is 2. The van der Waals surface area contributed by atoms with Gasteiger partial charge in [0.1, 0.15) is 0 Å². The summed E-state index contributed by atoms with van der Waals surface area (Å²) in [6.45, 7) is 0.216. The minimum Gasteiger partial charge on any atom is -0.395 e. The van der Waals surface area contributed by atoms with Crippen molar-refractivity contribution in [2.75, 3.05) is 26.3 Å². The third-order valence-electron chi connectivity index (χ3n) is 2.13. The topological polar surface area (TPSA) is 60.8 Å². The Bertz CT molecular complexity index is 351. The van der Waals surface area contributed by atoms with Crippen molar-refractivity contribution in [3.8, 4) is 0 Å². The van der Waals surface area contributed by atoms with Crippen molar-refractivity contribution in [2.24, 2.45) is 0 Å². The first-order valence-electron chi connectivity index (χ1n) is 4.96. The molecule has 0 atom stereocenters. The maximum absolute atomic E-state index is 12.0. The van der Waals surface area contributed by atoms with Gasteiger partial charge in [-0.05, 0) is 28.1 Å². The molecule has 0 unspecified atom stereocenters. The highest BCUT2D eigenvalue weighted by atomic mass is 79.9. The van der Waals surface area contributed by atoms with E-state index < -0.39 is 0 Å². The monoisotopic (exact) mass is 287 g/mol. The molecule has 2 N–H and O–H groups in total. The van der Waals surface area contributed by atoms with Gasteiger partial charge in [-0.25, -0.2) is 0 Å². The largest absolute Gasteiger partial charge is 0.395 e. The second kappa shape index (κ2) is 6.62. The molecule has 1 aromatic rings. The fourth-order valence-electron chi connectivity index (χ4n) is 1.36. The van der Waals surface area contributed by atoms with Crippen molar-refractivity contribution in [3.05, 3.63) is 34.3 Å². The molecule has 0 fully saturated rings. The Labute approximate surface area is 103 Å². The van der Waals surface area contributed by atoms with E-state index in [2.05, 4.69) is 15.9 Å². The predicted octanol–water partition coefficient (Wildman–Crippen LogP) is 0.876. The Balaban J connectivity index is 2.85. The Kier molecular flexibility index (Phi) is 5.45. The van der Waals surface area contributed by atoms with Crippen LogP contribution in [0.1, 0.15) is 10.4 Å². The number of carbonyl (C=O) groups excluding carboxylic acids is 1. The van der Waals surface area contributed by atoms with Gasteiger partial charge in [-0.3, -0.25) is 4.79 Å². The van der Waals surface area contributed by atoms with Crippen molar-refractivity contribution in [1.29, 1.82) is 0 Å². The molecule has 0 radical (unpaired) electrons. The van der Waals surface area contributed by atoms with Gasteiger partial charge in [-0.1, -0.05) is 12.1 Å². The molecule has 0 aliphatic carbocycles. The highest BCUT2D eigenvalue weighted by molar-refractivity contribution is 9.10. The summed E-state index contributed by atoms with van der Waals surface area (Å²) in [5.74, 6) is -0.199. The SMILES string of the molecule is O=C(c1ccccc1Br)N(CCO)CCO. The molecule has 0 bridgehead atoms. The highest BCUT2D eigenvalue weighted by Gasteiger charge is 2.16. The van der Waals surface area contributed by atoms with Gasteiger partial charge in [-0.2, -0.15) is 0 Å². The molecule has 5 heteroatoms. The van der Waals surface area contributed by atoms with Gasteiger partial charge in [0.25, 0.3) is 5.91 Å². The van der Waals surface area contributed by atoms with E-state index in [0.29, 0.717) is 10.0 Å². The summed E-state index contributed by atoms with van der Waals surface area (Å²) < 4.78 is 0.709. The fraction of sp³-hybridized carbons (Fsp3) is 0.364. The number of aliphatic hydroxyl groups excluding tert-OH is 2. The van der Waals surface area contributed by atoms with E-state index in [1.807, 2.05) is 6.07 Å². The van der Waals surface area contributed by atoms with Crippen molar-refractivity contribution in [3.63, 3.8) is 0 Å². The summed E-state index contributed by atoms with van der Waals surface area (Å²) >= 11 is 3.29. The number of nitrogens with zero attached hydrogens (tertiary/aromatic N) is 1. The number of rotatable bonds is 5. The van der Waals surface area contributed by atoms with E-state index in [9.17, 15) is 4.79 Å². The Hall–Kier alpha value is -0.910. The standard InChI is InChI=1S/C11H14BrNO3/c12-10-4-2-1-3-9(10)11(16)13(5-7-14)6-8-15/h1-4,14-15H,5-8H2. The van der Waals surface area contributed by atoms with Crippen LogP contribution in [0.5, 0.6) is 0 Å². The maximum atomic E-state index is 12.0. The normalized spacial score (nSPS) is 10.2. The molecule has 0 saturated carbocycles. The highest BCUT2D eigenvalue weighted by Crippen LogP contribution is 2.17. The first kappa shape index (κ1) is 13.2. The summed E-state index contributed by atoms with van der Waals surface area (Å²) in [6.07, 6.45) is 0. The molecule has 16 heavy (non-hydrogen) atoms. The van der Waals surface area contributed by atoms with Crippen LogP contribution >= 0.6 is 15.9 Å². The lowest BCUT2D eigenvalue weighted by Crippen LogP contribution is -2.36. The molecule has 0 heterocycles. The molecule has 0 aliphatic heterocycles. The molecular weight excluding hydrogens is 274 g/mol. The van der Waals surface area contributed by atoms with Gasteiger partial charge in [0.2, 0.25) is 0 Å². The first-order chi connectivity index (χ1) is 7.70. The lowest BCUT2D eigenvalue weighted by molar-refractivity contribution is 0.0684. The number of aliphatic hydroxyl groups is 2. The van der Waals surface area contributed by atoms with Gasteiger partial charge < -0.3 is 15.1 Å². The molecule has 0 aromatic heterocycles. The number of amides is 1. The molecule has 0 spiro atoms. The summed E-state index contributed by atoms with van der Waals surface area (Å²) in [7, 11) is 0. The van der Waals surface area contributed by atoms with Gasteiger partial charge in [0.15, 0.2) is 0 Å². The van der Waals surface area contributed by atoms with Gasteiger partial charge in [0, 0.05) is 17.6 Å². The molecule has 1 amide bonds. The third kappa shape index (κ3) is 3.30. The summed E-state index contributed by atoms with van der Waals surface area (Å²) in [6, 6.07) is 7.08. The van der Waals surface area contributed by atoms with Gasteiger partial charge >= 0.3 is 0 Å². The summed E-state index contributed by atoms with van der Waals surface area (Å²) in [5.41, 5.74) is 0.532. The number of carbonyl (C=O) groups is 1. The van der Waals surface area contributed by atoms with E-state index in [0.717, 1.165) is 0 Å². The van der Waals surface area contributed by atoms with Crippen molar-refractivity contribution in [1.82, 2.24) is 4.90 Å². The van der Waals surface area contributed by atoms with Crippen molar-refractivity contribution >= 4 is 21.8 Å². The lowest BCUT2D eigenvalue weighted by Gasteiger charge is -2.21. The zero-order valence-corrected chi connectivity index (χ0v) is 10.4. The van der Waals surface area contributed by atoms with Crippen LogP contribution in [0.15, 0.2) is 28.7 Å². The summed E-state index contributed by atoms with van der Waals surface area (Å²) in [5, 5.41) is 17.7. The van der Waals surface area contributed by atoms with Crippen LogP contribution in [0.4, 0.5) is 0 Å². The number of halogens is 1. The van der Waals surface area contributed by atoms with Crippen LogP contribution in [0.2, 0.25) is 0 Å². The Morgan fingerprint density at radius 3 is 2.25 bits per heavy atom. The predicted molar refractivity (Wildman–Crippen MR) is 64.2 cm³/mol. The molecule has 1 rings (SSSR count). The smallest absolute Gasteiger partial charge is 0.255 e. The van der Waals surface area contributed by atoms with Crippen molar-refractivity contribution in [2.45, 2.75) is 0 Å². The van der Waals surface area contributed by atoms with Crippen molar-refractivity contribution < 1.29 is 15.0 Å². The zero-order valence-electron chi connectivity index (χ0n) is 8.77. The lowest BCUT2D eigenvalue weighted by atomic mass is 10.2. The van der Waals surface area contributed by atoms with Gasteiger partial charge in [-0.15, -0.1) is 0 Å². The van der Waals surface area contributed by atoms with E-state index in [1.54, 1.807) is 18.2 Å². The molecule has 0 saturated heterocycles. The first-order valence-corrected chi connectivity index (χ1v) is 5.75. The molecule has 88 valence electrons. The zero-order chi connectivity index (χ0) is 12.0. The van der Waals surface area contributed by atoms with Crippen LogP contribution in [0, 0.1) is 0 Å². The quantitative estimate of drug-likeness (QED) is 0.845. The molecule has 4 nitrogen and oxygen atoms in total. The fourth-order valence-corrected chi connectivity index (χ4v) is 1.82. The molecule has 1 aromatic carbocycles. The number of hydrogen-bond acceptors (Lipinski definition) is 3. The van der Waals surface area contributed by atoms with Crippen LogP contribution in [-0.2, 0) is 0 Å². The van der Waals surface area contributed by atoms with Gasteiger partial charge in [0.05, 0.1) is 18.8 Å². The minimum absolute atomic E-state index is 0.115. The average molecular weight is 288 g/mol. The maximum Gasteiger partial charge on any atom is 0.255 e. The van der Waals surface area contributed by atoms with Crippen LogP contribution in [-0.4, -0.2) is 47.3 Å². The summed E-state index contributed by atoms with van der Waals surface area (Å²) in [4.78, 5) is 13.4. The van der Waals surface area contributed by atoms with E-state index in [1.165, 1.54) is 4.90 Å². The Morgan fingerprint density at radius 2 is 1.75 bits per heavy atom. The van der Waals surface area contributed by atoms with Crippen LogP contribution in [0.25, 0.3) is 0 Å². The minimum atomic E-state index is -0.199. The van der Waals surface area contributed by atoms with E-state index in [4.69, 9.17) is 10.2 Å². The third-order valence-corrected chi connectivity index (χ3v) is 2.82. The molecule has 0 aliphatic rings. The second-order valence-electron chi connectivity index (χ2n) is 3.22. The second-order valence-corrected chi connectivity index (χ2v) is 4.07. The van der Waals surface area contributed by atoms with Crippen LogP contribution in [0.3, 0.4) is 0 Å². The molecular formula is C11H14BrNO3. The van der Waals surface area contributed by atoms with Crippen LogP contribution < -0.4 is 0 Å². The van der Waals surface area contributed by atoms with E-state index in [-0.39, 0.29) is 32.2 Å².